The van der Waals surface area contributed by atoms with Crippen LogP contribution in [0.3, 0.4) is 0 Å². The van der Waals surface area contributed by atoms with Gasteiger partial charge in [-0.2, -0.15) is 0 Å². The van der Waals surface area contributed by atoms with Crippen LogP contribution >= 0.6 is 0 Å². The number of aryl methyl sites for hydroxylation is 2. The maximum Gasteiger partial charge on any atom is 0.0462 e. The van der Waals surface area contributed by atoms with E-state index in [9.17, 15) is 5.11 Å². The highest BCUT2D eigenvalue weighted by Crippen LogP contribution is 2.16. The molecule has 1 rings (SSSR count). The second kappa shape index (κ2) is 5.92. The number of aliphatic hydroxyl groups excluding tert-OH is 1. The van der Waals surface area contributed by atoms with E-state index in [1.807, 2.05) is 0 Å². The number of aliphatic hydroxyl groups is 1. The number of rotatable bonds is 5. The van der Waals surface area contributed by atoms with Gasteiger partial charge in [0.25, 0.3) is 0 Å². The molecular formula is C14H22O. The third kappa shape index (κ3) is 3.67. The predicted molar refractivity (Wildman–Crippen MR) is 65.1 cm³/mol. The van der Waals surface area contributed by atoms with Crippen molar-refractivity contribution in [3.05, 3.63) is 34.9 Å². The van der Waals surface area contributed by atoms with Gasteiger partial charge in [-0.15, -0.1) is 0 Å². The Morgan fingerprint density at radius 2 is 1.93 bits per heavy atom. The Hall–Kier alpha value is -0.820. The normalized spacial score (nSPS) is 12.8. The molecule has 0 fully saturated rings. The largest absolute Gasteiger partial charge is 0.396 e. The molecule has 0 spiro atoms. The van der Waals surface area contributed by atoms with E-state index in [1.54, 1.807) is 0 Å². The van der Waals surface area contributed by atoms with Crippen molar-refractivity contribution < 1.29 is 5.11 Å². The van der Waals surface area contributed by atoms with E-state index in [-0.39, 0.29) is 0 Å². The first kappa shape index (κ1) is 12.3. The van der Waals surface area contributed by atoms with Gasteiger partial charge in [0.05, 0.1) is 0 Å². The molecule has 0 aliphatic carbocycles. The van der Waals surface area contributed by atoms with Crippen LogP contribution in [0.25, 0.3) is 0 Å². The molecule has 0 saturated carbocycles. The summed E-state index contributed by atoms with van der Waals surface area (Å²) in [5, 5.41) is 9.24. The van der Waals surface area contributed by atoms with E-state index in [2.05, 4.69) is 39.0 Å². The lowest BCUT2D eigenvalue weighted by atomic mass is 9.94. The van der Waals surface area contributed by atoms with Crippen molar-refractivity contribution in [2.45, 2.75) is 40.0 Å². The average Bonchev–Trinajstić information content (AvgIpc) is 2.23. The van der Waals surface area contributed by atoms with E-state index >= 15 is 0 Å². The van der Waals surface area contributed by atoms with Gasteiger partial charge >= 0.3 is 0 Å². The molecule has 15 heavy (non-hydrogen) atoms. The van der Waals surface area contributed by atoms with E-state index in [0.717, 1.165) is 19.3 Å². The predicted octanol–water partition coefficient (Wildman–Crippen LogP) is 3.25. The zero-order chi connectivity index (χ0) is 11.3. The highest BCUT2D eigenvalue weighted by atomic mass is 16.3. The smallest absolute Gasteiger partial charge is 0.0462 e. The molecule has 1 aromatic carbocycles. The van der Waals surface area contributed by atoms with Gasteiger partial charge in [-0.25, -0.2) is 0 Å². The minimum absolute atomic E-state index is 0.306. The third-order valence-corrected chi connectivity index (χ3v) is 3.05. The highest BCUT2D eigenvalue weighted by Gasteiger charge is 2.07. The summed E-state index contributed by atoms with van der Waals surface area (Å²) in [5.41, 5.74) is 4.04. The van der Waals surface area contributed by atoms with Gasteiger partial charge in [-0.3, -0.25) is 0 Å². The van der Waals surface area contributed by atoms with Gasteiger partial charge < -0.3 is 5.11 Å². The van der Waals surface area contributed by atoms with Crippen LogP contribution in [-0.2, 0) is 6.42 Å². The molecule has 0 aliphatic rings. The molecule has 1 atom stereocenters. The maximum atomic E-state index is 9.24. The zero-order valence-electron chi connectivity index (χ0n) is 10.1. The quantitative estimate of drug-likeness (QED) is 0.784. The molecule has 0 radical (unpaired) electrons. The summed E-state index contributed by atoms with van der Waals surface area (Å²) < 4.78 is 0. The average molecular weight is 206 g/mol. The standard InChI is InChI=1S/C14H22O/c1-4-5-14(10-15)9-13-7-6-11(2)12(3)8-13/h6-8,14-15H,4-5,9-10H2,1-3H3. The maximum absolute atomic E-state index is 9.24. The molecule has 1 heteroatoms. The fourth-order valence-corrected chi connectivity index (χ4v) is 1.93. The van der Waals surface area contributed by atoms with Gasteiger partial charge in [-0.05, 0) is 49.3 Å². The van der Waals surface area contributed by atoms with Crippen LogP contribution < -0.4 is 0 Å². The molecule has 1 unspecified atom stereocenters. The van der Waals surface area contributed by atoms with Crippen LogP contribution in [0.2, 0.25) is 0 Å². The summed E-state index contributed by atoms with van der Waals surface area (Å²) in [5.74, 6) is 0.428. The Balaban J connectivity index is 2.66. The van der Waals surface area contributed by atoms with E-state index < -0.39 is 0 Å². The van der Waals surface area contributed by atoms with Crippen LogP contribution in [0.1, 0.15) is 36.5 Å². The van der Waals surface area contributed by atoms with Crippen molar-refractivity contribution in [1.29, 1.82) is 0 Å². The summed E-state index contributed by atoms with van der Waals surface area (Å²) in [6.07, 6.45) is 3.27. The van der Waals surface area contributed by atoms with Crippen LogP contribution in [-0.4, -0.2) is 11.7 Å². The molecule has 0 aliphatic heterocycles. The lowest BCUT2D eigenvalue weighted by Crippen LogP contribution is -2.09. The Morgan fingerprint density at radius 1 is 1.20 bits per heavy atom. The van der Waals surface area contributed by atoms with Crippen molar-refractivity contribution in [3.63, 3.8) is 0 Å². The van der Waals surface area contributed by atoms with Crippen LogP contribution in [0.4, 0.5) is 0 Å². The lowest BCUT2D eigenvalue weighted by Gasteiger charge is -2.13. The molecule has 1 nitrogen and oxygen atoms in total. The molecule has 0 aromatic heterocycles. The summed E-state index contributed by atoms with van der Waals surface area (Å²) in [6, 6.07) is 6.60. The van der Waals surface area contributed by atoms with Crippen molar-refractivity contribution >= 4 is 0 Å². The second-order valence-electron chi connectivity index (χ2n) is 4.46. The SMILES string of the molecule is CCCC(CO)Cc1ccc(C)c(C)c1. The van der Waals surface area contributed by atoms with Gasteiger partial charge in [-0.1, -0.05) is 31.5 Å². The first-order valence-corrected chi connectivity index (χ1v) is 5.84. The number of benzene rings is 1. The van der Waals surface area contributed by atoms with Crippen molar-refractivity contribution in [1.82, 2.24) is 0 Å². The van der Waals surface area contributed by atoms with Gasteiger partial charge in [0, 0.05) is 6.61 Å². The summed E-state index contributed by atoms with van der Waals surface area (Å²) >= 11 is 0. The highest BCUT2D eigenvalue weighted by molar-refractivity contribution is 5.30. The minimum atomic E-state index is 0.306. The van der Waals surface area contributed by atoms with Crippen LogP contribution in [0.15, 0.2) is 18.2 Å². The number of hydrogen-bond donors (Lipinski definition) is 1. The Morgan fingerprint density at radius 3 is 2.47 bits per heavy atom. The van der Waals surface area contributed by atoms with E-state index in [4.69, 9.17) is 0 Å². The van der Waals surface area contributed by atoms with Crippen molar-refractivity contribution in [3.8, 4) is 0 Å². The van der Waals surface area contributed by atoms with Crippen molar-refractivity contribution in [2.75, 3.05) is 6.61 Å². The molecule has 84 valence electrons. The molecule has 0 saturated heterocycles. The molecule has 0 heterocycles. The lowest BCUT2D eigenvalue weighted by molar-refractivity contribution is 0.217. The monoisotopic (exact) mass is 206 g/mol. The first-order chi connectivity index (χ1) is 7.17. The summed E-state index contributed by atoms with van der Waals surface area (Å²) in [4.78, 5) is 0. The van der Waals surface area contributed by atoms with Gasteiger partial charge in [0.15, 0.2) is 0 Å². The summed E-state index contributed by atoms with van der Waals surface area (Å²) in [6.45, 7) is 6.76. The summed E-state index contributed by atoms with van der Waals surface area (Å²) in [7, 11) is 0. The van der Waals surface area contributed by atoms with Gasteiger partial charge in [0.1, 0.15) is 0 Å². The van der Waals surface area contributed by atoms with Crippen LogP contribution in [0, 0.1) is 19.8 Å². The number of hydrogen-bond acceptors (Lipinski definition) is 1. The zero-order valence-corrected chi connectivity index (χ0v) is 10.1. The second-order valence-corrected chi connectivity index (χ2v) is 4.46. The molecule has 0 bridgehead atoms. The van der Waals surface area contributed by atoms with Crippen LogP contribution in [0.5, 0.6) is 0 Å². The third-order valence-electron chi connectivity index (χ3n) is 3.05. The topological polar surface area (TPSA) is 20.2 Å². The Labute approximate surface area is 93.1 Å². The Kier molecular flexibility index (Phi) is 4.83. The van der Waals surface area contributed by atoms with Crippen molar-refractivity contribution in [2.24, 2.45) is 5.92 Å². The minimum Gasteiger partial charge on any atom is -0.396 e. The molecular weight excluding hydrogens is 184 g/mol. The van der Waals surface area contributed by atoms with Gasteiger partial charge in [0.2, 0.25) is 0 Å². The fourth-order valence-electron chi connectivity index (χ4n) is 1.93. The first-order valence-electron chi connectivity index (χ1n) is 5.84. The molecule has 1 N–H and O–H groups in total. The Bertz CT molecular complexity index is 304. The van der Waals surface area contributed by atoms with E-state index in [0.29, 0.717) is 12.5 Å². The molecule has 1 aromatic rings. The fraction of sp³-hybridized carbons (Fsp3) is 0.571. The molecule has 0 amide bonds. The van der Waals surface area contributed by atoms with E-state index in [1.165, 1.54) is 16.7 Å².